The molecule has 1 amide bonds. The van der Waals surface area contributed by atoms with Gasteiger partial charge in [0.25, 0.3) is 0 Å². The van der Waals surface area contributed by atoms with Crippen molar-refractivity contribution in [3.8, 4) is 5.75 Å². The molecule has 0 bridgehead atoms. The third-order valence-corrected chi connectivity index (χ3v) is 7.03. The highest BCUT2D eigenvalue weighted by Crippen LogP contribution is 2.30. The summed E-state index contributed by atoms with van der Waals surface area (Å²) >= 11 is 1.44. The Morgan fingerprint density at radius 3 is 2.61 bits per heavy atom. The number of amides is 1. The molecule has 0 unspecified atom stereocenters. The van der Waals surface area contributed by atoms with Crippen molar-refractivity contribution in [1.29, 1.82) is 0 Å². The second-order valence-electron chi connectivity index (χ2n) is 6.86. The molecule has 1 fully saturated rings. The first-order valence-electron chi connectivity index (χ1n) is 8.99. The number of rotatable bonds is 8. The maximum atomic E-state index is 12.4. The minimum Gasteiger partial charge on any atom is -0.495 e. The van der Waals surface area contributed by atoms with Crippen molar-refractivity contribution in [2.75, 3.05) is 18.2 Å². The Bertz CT molecular complexity index is 986. The van der Waals surface area contributed by atoms with E-state index in [4.69, 9.17) is 4.74 Å². The lowest BCUT2D eigenvalue weighted by Gasteiger charge is -2.13. The van der Waals surface area contributed by atoms with Crippen LogP contribution in [0.15, 0.2) is 46.2 Å². The number of anilines is 1. The van der Waals surface area contributed by atoms with Crippen LogP contribution in [0, 0.1) is 13.8 Å². The van der Waals surface area contributed by atoms with Gasteiger partial charge >= 0.3 is 0 Å². The largest absolute Gasteiger partial charge is 0.495 e. The van der Waals surface area contributed by atoms with Crippen LogP contribution < -0.4 is 14.8 Å². The van der Waals surface area contributed by atoms with Gasteiger partial charge in [-0.3, -0.25) is 4.79 Å². The summed E-state index contributed by atoms with van der Waals surface area (Å²) in [6, 6.07) is 10.6. The molecule has 2 N–H and O–H groups in total. The molecular weight excluding hydrogens is 396 g/mol. The third-order valence-electron chi connectivity index (χ3n) is 4.36. The molecule has 8 heteroatoms. The Labute approximate surface area is 170 Å². The van der Waals surface area contributed by atoms with Crippen molar-refractivity contribution in [2.24, 2.45) is 0 Å². The van der Waals surface area contributed by atoms with Crippen LogP contribution in [0.3, 0.4) is 0 Å². The number of ether oxygens (including phenoxy) is 1. The lowest BCUT2D eigenvalue weighted by atomic mass is 10.2. The summed E-state index contributed by atoms with van der Waals surface area (Å²) in [7, 11) is -2.13. The summed E-state index contributed by atoms with van der Waals surface area (Å²) in [5.41, 5.74) is 2.59. The number of carbonyl (C=O) groups excluding carboxylic acids is 1. The van der Waals surface area contributed by atoms with Crippen LogP contribution in [-0.4, -0.2) is 33.2 Å². The highest BCUT2D eigenvalue weighted by molar-refractivity contribution is 8.00. The smallest absolute Gasteiger partial charge is 0.240 e. The number of sulfonamides is 1. The van der Waals surface area contributed by atoms with Crippen molar-refractivity contribution in [3.63, 3.8) is 0 Å². The number of benzene rings is 2. The van der Waals surface area contributed by atoms with Crippen LogP contribution in [0.5, 0.6) is 5.75 Å². The quantitative estimate of drug-likeness (QED) is 0.639. The molecule has 1 aliphatic carbocycles. The van der Waals surface area contributed by atoms with Crippen LogP contribution in [0.4, 0.5) is 5.69 Å². The number of aryl methyl sites for hydroxylation is 2. The molecule has 0 aromatic heterocycles. The Balaban J connectivity index is 1.72. The van der Waals surface area contributed by atoms with Crippen molar-refractivity contribution in [3.05, 3.63) is 47.5 Å². The predicted molar refractivity (Wildman–Crippen MR) is 112 cm³/mol. The Morgan fingerprint density at radius 1 is 1.18 bits per heavy atom. The average Bonchev–Trinajstić information content (AvgIpc) is 3.45. The molecule has 3 rings (SSSR count). The van der Waals surface area contributed by atoms with Gasteiger partial charge in [0.05, 0.1) is 23.4 Å². The van der Waals surface area contributed by atoms with Crippen LogP contribution in [0.1, 0.15) is 24.0 Å². The summed E-state index contributed by atoms with van der Waals surface area (Å²) < 4.78 is 32.8. The van der Waals surface area contributed by atoms with Crippen LogP contribution in [-0.2, 0) is 14.8 Å². The first-order valence-corrected chi connectivity index (χ1v) is 11.5. The Hall–Kier alpha value is -2.03. The molecule has 0 spiro atoms. The summed E-state index contributed by atoms with van der Waals surface area (Å²) in [5.74, 6) is 0.398. The number of hydrogen-bond acceptors (Lipinski definition) is 5. The van der Waals surface area contributed by atoms with E-state index in [-0.39, 0.29) is 22.6 Å². The fraction of sp³-hybridized carbons (Fsp3) is 0.350. The average molecular weight is 421 g/mol. The maximum absolute atomic E-state index is 12.4. The molecular formula is C20H24N2O4S2. The van der Waals surface area contributed by atoms with Gasteiger partial charge in [0.2, 0.25) is 15.9 Å². The van der Waals surface area contributed by atoms with Crippen molar-refractivity contribution >= 4 is 33.4 Å². The molecule has 0 aliphatic heterocycles. The molecule has 0 radical (unpaired) electrons. The van der Waals surface area contributed by atoms with Crippen molar-refractivity contribution in [2.45, 2.75) is 42.5 Å². The molecule has 28 heavy (non-hydrogen) atoms. The normalized spacial score (nSPS) is 14.0. The van der Waals surface area contributed by atoms with Gasteiger partial charge < -0.3 is 10.1 Å². The zero-order valence-corrected chi connectivity index (χ0v) is 17.7. The van der Waals surface area contributed by atoms with Gasteiger partial charge in [-0.25, -0.2) is 13.1 Å². The van der Waals surface area contributed by atoms with E-state index >= 15 is 0 Å². The topological polar surface area (TPSA) is 84.5 Å². The first kappa shape index (κ1) is 20.7. The molecule has 0 heterocycles. The van der Waals surface area contributed by atoms with Gasteiger partial charge in [-0.15, -0.1) is 11.8 Å². The highest BCUT2D eigenvalue weighted by atomic mass is 32.2. The summed E-state index contributed by atoms with van der Waals surface area (Å²) in [6.45, 7) is 4.01. The van der Waals surface area contributed by atoms with E-state index in [1.165, 1.54) is 31.0 Å². The highest BCUT2D eigenvalue weighted by Gasteiger charge is 2.28. The van der Waals surface area contributed by atoms with Crippen LogP contribution in [0.2, 0.25) is 0 Å². The van der Waals surface area contributed by atoms with Gasteiger partial charge in [-0.1, -0.05) is 17.7 Å². The van der Waals surface area contributed by atoms with E-state index in [2.05, 4.69) is 10.0 Å². The number of hydrogen-bond donors (Lipinski definition) is 2. The van der Waals surface area contributed by atoms with Crippen molar-refractivity contribution in [1.82, 2.24) is 4.72 Å². The number of nitrogens with one attached hydrogen (secondary N) is 2. The monoisotopic (exact) mass is 420 g/mol. The van der Waals surface area contributed by atoms with Crippen molar-refractivity contribution < 1.29 is 17.9 Å². The lowest BCUT2D eigenvalue weighted by molar-refractivity contribution is -0.113. The third kappa shape index (κ3) is 5.27. The van der Waals surface area contributed by atoms with E-state index in [0.717, 1.165) is 28.9 Å². The second kappa shape index (κ2) is 8.55. The van der Waals surface area contributed by atoms with E-state index < -0.39 is 10.0 Å². The first-order chi connectivity index (χ1) is 13.3. The lowest BCUT2D eigenvalue weighted by Crippen LogP contribution is -2.26. The predicted octanol–water partition coefficient (Wildman–Crippen LogP) is 3.48. The minimum absolute atomic E-state index is 0.0131. The molecule has 0 atom stereocenters. The standard InChI is InChI=1S/C20H24N2O4S2/c1-13-4-5-14(2)19(10-13)27-12-20(23)21-17-11-16(8-9-18(17)26-3)28(24,25)22-15-6-7-15/h4-5,8-11,15,22H,6-7,12H2,1-3H3,(H,21,23). The van der Waals surface area contributed by atoms with E-state index in [1.54, 1.807) is 6.07 Å². The molecule has 2 aromatic carbocycles. The number of methoxy groups -OCH3 is 1. The summed E-state index contributed by atoms with van der Waals surface area (Å²) in [5, 5.41) is 2.77. The molecule has 0 saturated heterocycles. The molecule has 6 nitrogen and oxygen atoms in total. The van der Waals surface area contributed by atoms with E-state index in [1.807, 2.05) is 32.0 Å². The molecule has 1 aliphatic rings. The van der Waals surface area contributed by atoms with Gasteiger partial charge in [-0.05, 0) is 56.5 Å². The van der Waals surface area contributed by atoms with Gasteiger partial charge in [0.1, 0.15) is 5.75 Å². The van der Waals surface area contributed by atoms with Crippen LogP contribution >= 0.6 is 11.8 Å². The Morgan fingerprint density at radius 2 is 1.93 bits per heavy atom. The zero-order chi connectivity index (χ0) is 20.3. The minimum atomic E-state index is -3.61. The summed E-state index contributed by atoms with van der Waals surface area (Å²) in [4.78, 5) is 13.6. The maximum Gasteiger partial charge on any atom is 0.240 e. The molecule has 1 saturated carbocycles. The zero-order valence-electron chi connectivity index (χ0n) is 16.1. The fourth-order valence-corrected chi connectivity index (χ4v) is 4.89. The Kier molecular flexibility index (Phi) is 6.32. The number of carbonyl (C=O) groups is 1. The van der Waals surface area contributed by atoms with Gasteiger partial charge in [0, 0.05) is 10.9 Å². The number of thioether (sulfide) groups is 1. The van der Waals surface area contributed by atoms with Gasteiger partial charge in [0.15, 0.2) is 0 Å². The SMILES string of the molecule is COc1ccc(S(=O)(=O)NC2CC2)cc1NC(=O)CSc1cc(C)ccc1C. The second-order valence-corrected chi connectivity index (χ2v) is 9.59. The molecule has 2 aromatic rings. The van der Waals surface area contributed by atoms with E-state index in [0.29, 0.717) is 11.4 Å². The fourth-order valence-electron chi connectivity index (χ4n) is 2.63. The van der Waals surface area contributed by atoms with E-state index in [9.17, 15) is 13.2 Å². The molecule has 150 valence electrons. The summed E-state index contributed by atoms with van der Waals surface area (Å²) in [6.07, 6.45) is 1.71. The van der Waals surface area contributed by atoms with Crippen LogP contribution in [0.25, 0.3) is 0 Å². The van der Waals surface area contributed by atoms with Gasteiger partial charge in [-0.2, -0.15) is 0 Å².